The maximum absolute atomic E-state index is 5.47. The van der Waals surface area contributed by atoms with E-state index >= 15 is 0 Å². The van der Waals surface area contributed by atoms with Crippen molar-refractivity contribution in [3.05, 3.63) is 0 Å². The second-order valence-corrected chi connectivity index (χ2v) is 7.57. The van der Waals surface area contributed by atoms with Gasteiger partial charge < -0.3 is 10.1 Å². The van der Waals surface area contributed by atoms with Crippen molar-refractivity contribution in [2.45, 2.75) is 63.7 Å². The van der Waals surface area contributed by atoms with Crippen LogP contribution in [0.3, 0.4) is 0 Å². The second-order valence-electron chi connectivity index (χ2n) is 7.57. The molecule has 0 aromatic heterocycles. The Labute approximate surface area is 124 Å². The van der Waals surface area contributed by atoms with Gasteiger partial charge in [-0.3, -0.25) is 9.80 Å². The number of fused-ring (bicyclic) bond motifs is 2. The van der Waals surface area contributed by atoms with E-state index in [1.807, 2.05) is 7.11 Å². The van der Waals surface area contributed by atoms with E-state index in [0.717, 1.165) is 25.2 Å². The van der Waals surface area contributed by atoms with Crippen LogP contribution in [-0.4, -0.2) is 73.9 Å². The van der Waals surface area contributed by atoms with Crippen molar-refractivity contribution in [3.8, 4) is 0 Å². The average Bonchev–Trinajstić information content (AvgIpc) is 2.58. The number of nitrogens with zero attached hydrogens (tertiary/aromatic N) is 2. The molecule has 2 aliphatic rings. The Morgan fingerprint density at radius 2 is 1.90 bits per heavy atom. The van der Waals surface area contributed by atoms with Gasteiger partial charge in [0.15, 0.2) is 0 Å². The van der Waals surface area contributed by atoms with E-state index in [1.165, 1.54) is 32.4 Å². The van der Waals surface area contributed by atoms with Crippen LogP contribution in [0.25, 0.3) is 0 Å². The minimum absolute atomic E-state index is 0.174. The Morgan fingerprint density at radius 3 is 2.55 bits per heavy atom. The molecule has 2 bridgehead atoms. The average molecular weight is 283 g/mol. The van der Waals surface area contributed by atoms with Crippen molar-refractivity contribution < 1.29 is 4.74 Å². The summed E-state index contributed by atoms with van der Waals surface area (Å²) in [6, 6.07) is 2.05. The Balaban J connectivity index is 1.94. The Kier molecular flexibility index (Phi) is 5.46. The number of methoxy groups -OCH3 is 1. The lowest BCUT2D eigenvalue weighted by Crippen LogP contribution is -2.51. The van der Waals surface area contributed by atoms with Crippen LogP contribution in [0.2, 0.25) is 0 Å². The smallest absolute Gasteiger partial charge is 0.0630 e. The SMILES string of the molecule is COCC(CNC(C)(C)C)N1CCC2CCC(C1)N2C. The molecule has 20 heavy (non-hydrogen) atoms. The molecule has 0 saturated carbocycles. The molecule has 2 heterocycles. The van der Waals surface area contributed by atoms with E-state index < -0.39 is 0 Å². The van der Waals surface area contributed by atoms with Gasteiger partial charge in [-0.25, -0.2) is 0 Å². The van der Waals surface area contributed by atoms with Crippen LogP contribution in [0, 0.1) is 0 Å². The van der Waals surface area contributed by atoms with E-state index in [1.54, 1.807) is 0 Å². The quantitative estimate of drug-likeness (QED) is 0.829. The topological polar surface area (TPSA) is 27.7 Å². The normalized spacial score (nSPS) is 30.4. The highest BCUT2D eigenvalue weighted by Crippen LogP contribution is 2.29. The lowest BCUT2D eigenvalue weighted by atomic mass is 10.1. The molecular formula is C16H33N3O. The summed E-state index contributed by atoms with van der Waals surface area (Å²) in [4.78, 5) is 5.27. The second kappa shape index (κ2) is 6.73. The maximum atomic E-state index is 5.47. The predicted octanol–water partition coefficient (Wildman–Crippen LogP) is 1.56. The first kappa shape index (κ1) is 16.2. The fraction of sp³-hybridized carbons (Fsp3) is 1.00. The lowest BCUT2D eigenvalue weighted by Gasteiger charge is -2.35. The molecule has 2 fully saturated rings. The minimum Gasteiger partial charge on any atom is -0.383 e. The zero-order valence-electron chi connectivity index (χ0n) is 14.0. The highest BCUT2D eigenvalue weighted by molar-refractivity contribution is 4.93. The number of likely N-dealkylation sites (N-methyl/N-ethyl adjacent to an activating group) is 1. The Hall–Kier alpha value is -0.160. The standard InChI is InChI=1S/C16H33N3O/c1-16(2,3)17-10-15(12-20-5)19-9-8-13-6-7-14(11-19)18(13)4/h13-15,17H,6-12H2,1-5H3. The summed E-state index contributed by atoms with van der Waals surface area (Å²) in [5.74, 6) is 0. The van der Waals surface area contributed by atoms with Crippen molar-refractivity contribution in [2.24, 2.45) is 0 Å². The number of nitrogens with one attached hydrogen (secondary N) is 1. The lowest BCUT2D eigenvalue weighted by molar-refractivity contribution is 0.0790. The molecule has 118 valence electrons. The van der Waals surface area contributed by atoms with Gasteiger partial charge in [-0.05, 0) is 47.1 Å². The van der Waals surface area contributed by atoms with Crippen LogP contribution in [0.4, 0.5) is 0 Å². The van der Waals surface area contributed by atoms with Gasteiger partial charge in [0.05, 0.1) is 6.61 Å². The summed E-state index contributed by atoms with van der Waals surface area (Å²) < 4.78 is 5.47. The minimum atomic E-state index is 0.174. The predicted molar refractivity (Wildman–Crippen MR) is 84.2 cm³/mol. The highest BCUT2D eigenvalue weighted by atomic mass is 16.5. The summed E-state index contributed by atoms with van der Waals surface area (Å²) >= 11 is 0. The van der Waals surface area contributed by atoms with Gasteiger partial charge in [-0.1, -0.05) is 0 Å². The molecule has 4 nitrogen and oxygen atoms in total. The zero-order valence-corrected chi connectivity index (χ0v) is 14.0. The Morgan fingerprint density at radius 1 is 1.20 bits per heavy atom. The third kappa shape index (κ3) is 4.17. The summed E-state index contributed by atoms with van der Waals surface area (Å²) in [6.07, 6.45) is 4.07. The monoisotopic (exact) mass is 283 g/mol. The molecule has 0 amide bonds. The molecule has 0 aromatic carbocycles. The summed E-state index contributed by atoms with van der Waals surface area (Å²) in [5, 5.41) is 3.64. The molecule has 0 aromatic rings. The van der Waals surface area contributed by atoms with Crippen molar-refractivity contribution >= 4 is 0 Å². The molecule has 2 saturated heterocycles. The molecule has 1 N–H and O–H groups in total. The number of hydrogen-bond donors (Lipinski definition) is 1. The fourth-order valence-corrected chi connectivity index (χ4v) is 3.58. The molecule has 3 atom stereocenters. The molecule has 0 spiro atoms. The zero-order chi connectivity index (χ0) is 14.8. The van der Waals surface area contributed by atoms with E-state index in [4.69, 9.17) is 4.74 Å². The molecule has 4 heteroatoms. The van der Waals surface area contributed by atoms with Crippen LogP contribution in [0.5, 0.6) is 0 Å². The van der Waals surface area contributed by atoms with Crippen molar-refractivity contribution in [1.29, 1.82) is 0 Å². The van der Waals surface area contributed by atoms with Crippen LogP contribution >= 0.6 is 0 Å². The maximum Gasteiger partial charge on any atom is 0.0630 e. The summed E-state index contributed by atoms with van der Waals surface area (Å²) in [5.41, 5.74) is 0.174. The molecule has 3 unspecified atom stereocenters. The first-order valence-corrected chi connectivity index (χ1v) is 8.10. The van der Waals surface area contributed by atoms with Crippen LogP contribution < -0.4 is 5.32 Å². The van der Waals surface area contributed by atoms with E-state index in [0.29, 0.717) is 6.04 Å². The third-order valence-corrected chi connectivity index (χ3v) is 4.92. The number of likely N-dealkylation sites (tertiary alicyclic amines) is 1. The first-order valence-electron chi connectivity index (χ1n) is 8.10. The van der Waals surface area contributed by atoms with Gasteiger partial charge in [0, 0.05) is 50.4 Å². The number of ether oxygens (including phenoxy) is 1. The number of rotatable bonds is 5. The highest BCUT2D eigenvalue weighted by Gasteiger charge is 2.36. The fourth-order valence-electron chi connectivity index (χ4n) is 3.58. The van der Waals surface area contributed by atoms with Crippen molar-refractivity contribution in [1.82, 2.24) is 15.1 Å². The van der Waals surface area contributed by atoms with Gasteiger partial charge in [-0.15, -0.1) is 0 Å². The summed E-state index contributed by atoms with van der Waals surface area (Å²) in [6.45, 7) is 10.9. The van der Waals surface area contributed by atoms with Crippen molar-refractivity contribution in [3.63, 3.8) is 0 Å². The van der Waals surface area contributed by atoms with E-state index in [9.17, 15) is 0 Å². The van der Waals surface area contributed by atoms with Crippen LogP contribution in [0.15, 0.2) is 0 Å². The van der Waals surface area contributed by atoms with Gasteiger partial charge in [-0.2, -0.15) is 0 Å². The molecular weight excluding hydrogens is 250 g/mol. The van der Waals surface area contributed by atoms with E-state index in [2.05, 4.69) is 42.9 Å². The number of hydrogen-bond acceptors (Lipinski definition) is 4. The Bertz CT molecular complexity index is 303. The van der Waals surface area contributed by atoms with Crippen LogP contribution in [0.1, 0.15) is 40.0 Å². The van der Waals surface area contributed by atoms with Gasteiger partial charge in [0.2, 0.25) is 0 Å². The van der Waals surface area contributed by atoms with Crippen molar-refractivity contribution in [2.75, 3.05) is 40.4 Å². The summed E-state index contributed by atoms with van der Waals surface area (Å²) in [7, 11) is 4.13. The largest absolute Gasteiger partial charge is 0.383 e. The van der Waals surface area contributed by atoms with E-state index in [-0.39, 0.29) is 5.54 Å². The van der Waals surface area contributed by atoms with Gasteiger partial charge in [0.1, 0.15) is 0 Å². The molecule has 2 aliphatic heterocycles. The molecule has 0 aliphatic carbocycles. The van der Waals surface area contributed by atoms with Crippen LogP contribution in [-0.2, 0) is 4.74 Å². The van der Waals surface area contributed by atoms with Gasteiger partial charge in [0.25, 0.3) is 0 Å². The molecule has 0 radical (unpaired) electrons. The third-order valence-electron chi connectivity index (χ3n) is 4.92. The first-order chi connectivity index (χ1) is 9.40. The molecule has 2 rings (SSSR count). The van der Waals surface area contributed by atoms with Gasteiger partial charge >= 0.3 is 0 Å².